The molecule has 17 rings (SSSR count). The van der Waals surface area contributed by atoms with Crippen molar-refractivity contribution < 1.29 is 0 Å². The van der Waals surface area contributed by atoms with Crippen LogP contribution in [0.1, 0.15) is 433 Å². The highest BCUT2D eigenvalue weighted by atomic mass is 14.5. The van der Waals surface area contributed by atoms with Gasteiger partial charge in [0, 0.05) is 16.2 Å². The van der Waals surface area contributed by atoms with E-state index in [1.165, 1.54) is 443 Å². The third-order valence-corrected chi connectivity index (χ3v) is 33.0. The summed E-state index contributed by atoms with van der Waals surface area (Å²) in [6.07, 6.45) is 47.9. The quantitative estimate of drug-likeness (QED) is 0.0335. The molecule has 0 nitrogen and oxygen atoms in total. The van der Waals surface area contributed by atoms with E-state index in [2.05, 4.69) is 382 Å². The summed E-state index contributed by atoms with van der Waals surface area (Å²) in [6.45, 7) is 48.2. The first-order valence-corrected chi connectivity index (χ1v) is 56.3. The van der Waals surface area contributed by atoms with Gasteiger partial charge in [0.05, 0.1) is 5.41 Å². The van der Waals surface area contributed by atoms with Crippen molar-refractivity contribution in [2.24, 2.45) is 0 Å². The second kappa shape index (κ2) is 49.2. The van der Waals surface area contributed by atoms with E-state index in [4.69, 9.17) is 0 Å². The van der Waals surface area contributed by atoms with Crippen LogP contribution >= 0.6 is 0 Å². The number of fused-ring (bicyclic) bond motifs is 12. The fourth-order valence-electron chi connectivity index (χ4n) is 25.3. The van der Waals surface area contributed by atoms with E-state index in [-0.39, 0.29) is 21.7 Å². The molecule has 0 bridgehead atoms. The Bertz CT molecular complexity index is 5990. The molecule has 736 valence electrons. The van der Waals surface area contributed by atoms with Crippen LogP contribution in [0, 0.1) is 90.0 Å². The van der Waals surface area contributed by atoms with Crippen LogP contribution in [0.15, 0.2) is 237 Å². The molecule has 0 heterocycles. The first kappa shape index (κ1) is 106. The Kier molecular flexibility index (Phi) is 37.2. The molecular weight excluding hydrogens is 1680 g/mol. The van der Waals surface area contributed by atoms with Crippen LogP contribution in [-0.2, 0) is 53.8 Å². The topological polar surface area (TPSA) is 0 Å². The summed E-state index contributed by atoms with van der Waals surface area (Å²) in [4.78, 5) is 0. The summed E-state index contributed by atoms with van der Waals surface area (Å²) < 4.78 is 0. The van der Waals surface area contributed by atoms with Crippen molar-refractivity contribution in [2.45, 2.75) is 405 Å². The number of unbranched alkanes of at least 4 members (excludes halogenated alkanes) is 23. The number of benzene rings is 13. The zero-order valence-electron chi connectivity index (χ0n) is 91.2. The Labute approximate surface area is 852 Å². The Morgan fingerprint density at radius 3 is 0.807 bits per heavy atom. The minimum atomic E-state index is -0.338. The van der Waals surface area contributed by atoms with Crippen molar-refractivity contribution in [2.75, 3.05) is 0 Å². The first-order valence-electron chi connectivity index (χ1n) is 56.3. The summed E-state index contributed by atoms with van der Waals surface area (Å²) in [6, 6.07) is 93.8. The number of hydrogen-bond donors (Lipinski definition) is 0. The van der Waals surface area contributed by atoms with Gasteiger partial charge in [0.2, 0.25) is 0 Å². The molecule has 13 aromatic rings. The highest BCUT2D eigenvalue weighted by molar-refractivity contribution is 5.89. The van der Waals surface area contributed by atoms with Crippen LogP contribution < -0.4 is 0 Å². The SMILES string of the molecule is CCCCCCCCC1(c2ccc(CCCCCC)cc2)c2cc(C)ccc2-c2ccc(C)cc21.CCCCCCc1c(C)cc(C2(c3cc(C)c(CCCCCC)c(C)c3)c3cc(C)ccc3-c3ccc(C)cc32)cc1C.CCCCCCc1cc(C)cc(C2(C)c3cc(C)ccc3-c3ccc(C)cc32)c1.CCCCCCc1cccc(C2(CCCCCC)c3cc(C)ccc3-c3ccc(C)cc32)c1. The van der Waals surface area contributed by atoms with Crippen molar-refractivity contribution in [1.82, 2.24) is 0 Å². The average Bonchev–Trinajstić information content (AvgIpc) is 1.52. The van der Waals surface area contributed by atoms with Crippen molar-refractivity contribution in [3.8, 4) is 44.5 Å². The van der Waals surface area contributed by atoms with Crippen molar-refractivity contribution in [1.29, 1.82) is 0 Å². The zero-order valence-corrected chi connectivity index (χ0v) is 91.2. The van der Waals surface area contributed by atoms with Gasteiger partial charge < -0.3 is 0 Å². The minimum Gasteiger partial charge on any atom is -0.0654 e. The van der Waals surface area contributed by atoms with Crippen LogP contribution in [0.25, 0.3) is 44.5 Å². The van der Waals surface area contributed by atoms with E-state index in [9.17, 15) is 0 Å². The van der Waals surface area contributed by atoms with E-state index in [1.807, 2.05) is 0 Å². The maximum absolute atomic E-state index is 2.55. The number of hydrogen-bond acceptors (Lipinski definition) is 0. The molecule has 13 aromatic carbocycles. The van der Waals surface area contributed by atoms with Gasteiger partial charge in [0.1, 0.15) is 0 Å². The fraction of sp³-hybridized carbons (Fsp3) is 0.443. The van der Waals surface area contributed by atoms with E-state index in [0.717, 1.165) is 0 Å². The van der Waals surface area contributed by atoms with Gasteiger partial charge in [-0.15, -0.1) is 0 Å². The van der Waals surface area contributed by atoms with Crippen LogP contribution in [0.2, 0.25) is 0 Å². The maximum atomic E-state index is 2.55. The van der Waals surface area contributed by atoms with Gasteiger partial charge in [-0.05, 0) is 341 Å². The van der Waals surface area contributed by atoms with Gasteiger partial charge in [0.15, 0.2) is 0 Å². The molecule has 0 spiro atoms. The summed E-state index contributed by atoms with van der Waals surface area (Å²) in [5.74, 6) is 0. The number of aryl methyl sites for hydroxylation is 16. The number of rotatable bonds is 42. The fourth-order valence-corrected chi connectivity index (χ4v) is 25.3. The summed E-state index contributed by atoms with van der Waals surface area (Å²) >= 11 is 0. The largest absolute Gasteiger partial charge is 0.0714 e. The minimum absolute atomic E-state index is 0.0319. The van der Waals surface area contributed by atoms with E-state index in [0.29, 0.717) is 0 Å². The average molecular weight is 1860 g/mol. The van der Waals surface area contributed by atoms with Gasteiger partial charge in [-0.1, -0.05) is 496 Å². The van der Waals surface area contributed by atoms with E-state index < -0.39 is 0 Å². The first-order chi connectivity index (χ1) is 67.8. The molecule has 4 aliphatic carbocycles. The van der Waals surface area contributed by atoms with Gasteiger partial charge in [-0.2, -0.15) is 0 Å². The van der Waals surface area contributed by atoms with Gasteiger partial charge in [-0.25, -0.2) is 0 Å². The van der Waals surface area contributed by atoms with Crippen LogP contribution in [0.5, 0.6) is 0 Å². The molecule has 0 N–H and O–H groups in total. The lowest BCUT2D eigenvalue weighted by atomic mass is 9.65. The van der Waals surface area contributed by atoms with Crippen molar-refractivity contribution >= 4 is 0 Å². The lowest BCUT2D eigenvalue weighted by molar-refractivity contribution is 0.506. The van der Waals surface area contributed by atoms with Crippen molar-refractivity contribution in [3.05, 3.63) is 409 Å². The predicted molar refractivity (Wildman–Crippen MR) is 612 cm³/mol. The lowest BCUT2D eigenvalue weighted by Gasteiger charge is -2.36. The molecular formula is C140H176. The molecule has 0 saturated heterocycles. The summed E-state index contributed by atoms with van der Waals surface area (Å²) in [5.41, 5.74) is 55.6. The summed E-state index contributed by atoms with van der Waals surface area (Å²) in [7, 11) is 0. The third-order valence-electron chi connectivity index (χ3n) is 33.0. The molecule has 0 aliphatic heterocycles. The molecule has 0 unspecified atom stereocenters. The highest BCUT2D eigenvalue weighted by Crippen LogP contribution is 2.61. The lowest BCUT2D eigenvalue weighted by Crippen LogP contribution is -2.30. The summed E-state index contributed by atoms with van der Waals surface area (Å²) in [5, 5.41) is 0. The second-order valence-corrected chi connectivity index (χ2v) is 44.2. The second-order valence-electron chi connectivity index (χ2n) is 44.2. The maximum Gasteiger partial charge on any atom is 0.0714 e. The predicted octanol–water partition coefficient (Wildman–Crippen LogP) is 40.4. The Balaban J connectivity index is 0.000000150. The van der Waals surface area contributed by atoms with Crippen LogP contribution in [-0.4, -0.2) is 0 Å². The van der Waals surface area contributed by atoms with Crippen LogP contribution in [0.4, 0.5) is 0 Å². The Morgan fingerprint density at radius 1 is 0.179 bits per heavy atom. The van der Waals surface area contributed by atoms with Crippen LogP contribution in [0.3, 0.4) is 0 Å². The Hall–Kier alpha value is -10.1. The molecule has 0 fully saturated rings. The zero-order chi connectivity index (χ0) is 99.3. The smallest absolute Gasteiger partial charge is 0.0654 e. The highest BCUT2D eigenvalue weighted by Gasteiger charge is 2.50. The molecule has 0 aromatic heterocycles. The van der Waals surface area contributed by atoms with Gasteiger partial charge >= 0.3 is 0 Å². The molecule has 4 aliphatic rings. The monoisotopic (exact) mass is 1860 g/mol. The molecule has 0 heteroatoms. The normalized spacial score (nSPS) is 13.6. The van der Waals surface area contributed by atoms with E-state index in [1.54, 1.807) is 11.1 Å². The molecule has 0 atom stereocenters. The molecule has 140 heavy (non-hydrogen) atoms. The standard InChI is InChI=1S/C43H54.C35H46.C33H42.C29H34/c1-9-11-13-15-17-37-31(5)25-35(26-32(37)6)43(36-27-33(7)38(34(8)28-36)18-16-14-12-10-2)41-23-29(3)19-21-39(41)40-22-20-30(4)24-42(40)43;1-5-7-9-11-12-14-24-35(30-20-18-29(19-21-30)15-13-10-8-6-2)33-25-27(3)16-22-31(33)32-23-17-28(4)26-34(32)35;1-5-7-9-11-14-27-15-13-16-28(24-27)33(21-12-10-8-6-2)31-22-25(3)17-19-29(31)30-20-18-26(4)23-32(30)33;1-6-7-8-9-10-23-15-22(4)16-24(19-23)29(5)27-17-20(2)11-13-25(27)26-14-12-21(3)18-28(26)29/h19-28H,9-18H2,1-8H3;16-23,25-26H,5-15,24H2,1-4H3;13,15-20,22-24H,5-12,14,21H2,1-4H3;11-19H,6-10H2,1-5H3. The molecule has 0 amide bonds. The molecule has 0 radical (unpaired) electrons. The van der Waals surface area contributed by atoms with E-state index >= 15 is 0 Å². The van der Waals surface area contributed by atoms with Gasteiger partial charge in [-0.3, -0.25) is 0 Å². The van der Waals surface area contributed by atoms with Crippen molar-refractivity contribution in [3.63, 3.8) is 0 Å². The van der Waals surface area contributed by atoms with Gasteiger partial charge in [0.25, 0.3) is 0 Å². The third kappa shape index (κ3) is 23.2. The Morgan fingerprint density at radius 2 is 0.450 bits per heavy atom. The molecule has 0 saturated carbocycles.